The molecule has 23 heavy (non-hydrogen) atoms. The van der Waals surface area contributed by atoms with Gasteiger partial charge in [0.05, 0.1) is 36.9 Å². The van der Waals surface area contributed by atoms with Crippen LogP contribution in [0.25, 0.3) is 0 Å². The lowest BCUT2D eigenvalue weighted by Gasteiger charge is -2.34. The molecule has 1 aromatic rings. The molecule has 0 aliphatic carbocycles. The van der Waals surface area contributed by atoms with Crippen LogP contribution < -0.4 is 10.6 Å². The molecule has 6 heteroatoms. The maximum atomic E-state index is 12.2. The predicted molar refractivity (Wildman–Crippen MR) is 87.1 cm³/mol. The van der Waals surface area contributed by atoms with E-state index in [1.54, 1.807) is 24.3 Å². The highest BCUT2D eigenvalue weighted by atomic mass is 16.5. The van der Waals surface area contributed by atoms with Crippen LogP contribution in [0.1, 0.15) is 24.8 Å². The van der Waals surface area contributed by atoms with E-state index in [-0.39, 0.29) is 18.1 Å². The number of benzene rings is 1. The van der Waals surface area contributed by atoms with E-state index in [4.69, 9.17) is 10.00 Å². The Hall–Kier alpha value is -2.10. The van der Waals surface area contributed by atoms with Crippen LogP contribution in [0.15, 0.2) is 24.3 Å². The van der Waals surface area contributed by atoms with Gasteiger partial charge in [0.15, 0.2) is 0 Å². The number of hydrogen-bond acceptors (Lipinski definition) is 4. The van der Waals surface area contributed by atoms with E-state index in [2.05, 4.69) is 21.6 Å². The lowest BCUT2D eigenvalue weighted by molar-refractivity contribution is 0.125. The number of rotatable bonds is 3. The molecule has 6 nitrogen and oxygen atoms in total. The van der Waals surface area contributed by atoms with E-state index >= 15 is 0 Å². The summed E-state index contributed by atoms with van der Waals surface area (Å²) in [6, 6.07) is 8.97. The number of ether oxygens (including phenoxy) is 1. The summed E-state index contributed by atoms with van der Waals surface area (Å²) < 4.78 is 5.58. The number of anilines is 1. The largest absolute Gasteiger partial charge is 0.378 e. The highest BCUT2D eigenvalue weighted by molar-refractivity contribution is 5.89. The normalized spacial score (nSPS) is 24.8. The minimum atomic E-state index is -0.252. The van der Waals surface area contributed by atoms with Crippen molar-refractivity contribution in [3.63, 3.8) is 0 Å². The molecule has 0 spiro atoms. The minimum Gasteiger partial charge on any atom is -0.378 e. The first-order chi connectivity index (χ1) is 11.3. The second-order valence-electron chi connectivity index (χ2n) is 6.10. The maximum Gasteiger partial charge on any atom is 0.319 e. The van der Waals surface area contributed by atoms with Gasteiger partial charge in [0.25, 0.3) is 0 Å². The monoisotopic (exact) mass is 314 g/mol. The number of amides is 2. The molecule has 0 unspecified atom stereocenters. The van der Waals surface area contributed by atoms with Crippen molar-refractivity contribution in [2.75, 3.05) is 31.6 Å². The van der Waals surface area contributed by atoms with Gasteiger partial charge in [-0.3, -0.25) is 4.90 Å². The number of piperidine rings is 1. The van der Waals surface area contributed by atoms with Crippen molar-refractivity contribution in [1.29, 1.82) is 5.26 Å². The SMILES string of the molecule is N#Cc1cccc(NC(=O)N[C@H]2COC[C@@H]2N2CCCCC2)c1. The standard InChI is InChI=1S/C17H22N4O2/c18-10-13-5-4-6-14(9-13)19-17(22)20-15-11-23-12-16(15)21-7-2-1-3-8-21/h4-6,9,15-16H,1-3,7-8,11-12H2,(H2,19,20,22)/t15-,16-/m0/s1. The van der Waals surface area contributed by atoms with Gasteiger partial charge < -0.3 is 15.4 Å². The number of hydrogen-bond donors (Lipinski definition) is 2. The molecular weight excluding hydrogens is 292 g/mol. The van der Waals surface area contributed by atoms with Crippen LogP contribution in [0, 0.1) is 11.3 Å². The van der Waals surface area contributed by atoms with Crippen LogP contribution in [0.3, 0.4) is 0 Å². The fourth-order valence-electron chi connectivity index (χ4n) is 3.29. The molecule has 2 aliphatic heterocycles. The molecule has 2 N–H and O–H groups in total. The summed E-state index contributed by atoms with van der Waals surface area (Å²) in [5.74, 6) is 0. The van der Waals surface area contributed by atoms with E-state index in [0.29, 0.717) is 24.5 Å². The molecule has 0 bridgehead atoms. The van der Waals surface area contributed by atoms with Crippen LogP contribution in [0.4, 0.5) is 10.5 Å². The molecule has 0 aromatic heterocycles. The summed E-state index contributed by atoms with van der Waals surface area (Å²) in [5, 5.41) is 14.7. The van der Waals surface area contributed by atoms with E-state index in [1.165, 1.54) is 19.3 Å². The molecule has 2 atom stereocenters. The molecule has 2 fully saturated rings. The second kappa shape index (κ2) is 7.44. The van der Waals surface area contributed by atoms with Crippen molar-refractivity contribution in [1.82, 2.24) is 10.2 Å². The van der Waals surface area contributed by atoms with E-state index in [1.807, 2.05) is 0 Å². The average Bonchev–Trinajstić information content (AvgIpc) is 3.03. The first kappa shape index (κ1) is 15.8. The Bertz CT molecular complexity index is 593. The third kappa shape index (κ3) is 4.01. The number of urea groups is 1. The smallest absolute Gasteiger partial charge is 0.319 e. The number of nitrogens with zero attached hydrogens (tertiary/aromatic N) is 2. The Morgan fingerprint density at radius 1 is 1.26 bits per heavy atom. The molecule has 0 saturated carbocycles. The van der Waals surface area contributed by atoms with Gasteiger partial charge in [0, 0.05) is 5.69 Å². The van der Waals surface area contributed by atoms with Crippen molar-refractivity contribution in [3.8, 4) is 6.07 Å². The van der Waals surface area contributed by atoms with Crippen molar-refractivity contribution in [3.05, 3.63) is 29.8 Å². The topological polar surface area (TPSA) is 77.4 Å². The van der Waals surface area contributed by atoms with E-state index in [0.717, 1.165) is 13.1 Å². The molecule has 2 aliphatic rings. The maximum absolute atomic E-state index is 12.2. The van der Waals surface area contributed by atoms with E-state index in [9.17, 15) is 4.79 Å². The summed E-state index contributed by atoms with van der Waals surface area (Å²) in [6.07, 6.45) is 3.73. The molecule has 122 valence electrons. The van der Waals surface area contributed by atoms with Crippen LogP contribution >= 0.6 is 0 Å². The van der Waals surface area contributed by atoms with Crippen molar-refractivity contribution >= 4 is 11.7 Å². The van der Waals surface area contributed by atoms with Gasteiger partial charge in [-0.2, -0.15) is 5.26 Å². The quantitative estimate of drug-likeness (QED) is 0.894. The number of carbonyl (C=O) groups is 1. The predicted octanol–water partition coefficient (Wildman–Crippen LogP) is 1.93. The lowest BCUT2D eigenvalue weighted by atomic mass is 10.1. The van der Waals surface area contributed by atoms with Gasteiger partial charge in [-0.05, 0) is 44.1 Å². The summed E-state index contributed by atoms with van der Waals surface area (Å²) in [4.78, 5) is 14.6. The molecule has 2 saturated heterocycles. The Morgan fingerprint density at radius 3 is 2.87 bits per heavy atom. The van der Waals surface area contributed by atoms with Gasteiger partial charge in [-0.1, -0.05) is 12.5 Å². The molecule has 3 rings (SSSR count). The van der Waals surface area contributed by atoms with Gasteiger partial charge in [0.2, 0.25) is 0 Å². The number of nitriles is 1. The van der Waals surface area contributed by atoms with Crippen molar-refractivity contribution < 1.29 is 9.53 Å². The molecule has 2 heterocycles. The van der Waals surface area contributed by atoms with Gasteiger partial charge >= 0.3 is 6.03 Å². The molecule has 1 aromatic carbocycles. The number of likely N-dealkylation sites (tertiary alicyclic amines) is 1. The summed E-state index contributed by atoms with van der Waals surface area (Å²) in [6.45, 7) is 3.39. The second-order valence-corrected chi connectivity index (χ2v) is 6.10. The fraction of sp³-hybridized carbons (Fsp3) is 0.529. The average molecular weight is 314 g/mol. The Kier molecular flexibility index (Phi) is 5.11. The van der Waals surface area contributed by atoms with Crippen LogP contribution in [-0.2, 0) is 4.74 Å². The van der Waals surface area contributed by atoms with Crippen LogP contribution in [0.2, 0.25) is 0 Å². The minimum absolute atomic E-state index is 0.00671. The number of carbonyl (C=O) groups excluding carboxylic acids is 1. The molecular formula is C17H22N4O2. The van der Waals surface area contributed by atoms with E-state index < -0.39 is 0 Å². The Morgan fingerprint density at radius 2 is 2.09 bits per heavy atom. The first-order valence-electron chi connectivity index (χ1n) is 8.16. The summed E-state index contributed by atoms with van der Waals surface area (Å²) in [7, 11) is 0. The zero-order chi connectivity index (χ0) is 16.1. The number of nitrogens with one attached hydrogen (secondary N) is 2. The Balaban J connectivity index is 1.57. The Labute approximate surface area is 136 Å². The summed E-state index contributed by atoms with van der Waals surface area (Å²) in [5.41, 5.74) is 1.15. The zero-order valence-electron chi connectivity index (χ0n) is 13.1. The van der Waals surface area contributed by atoms with Crippen molar-refractivity contribution in [2.45, 2.75) is 31.3 Å². The summed E-state index contributed by atoms with van der Waals surface area (Å²) >= 11 is 0. The fourth-order valence-corrected chi connectivity index (χ4v) is 3.29. The highest BCUT2D eigenvalue weighted by Crippen LogP contribution is 2.19. The van der Waals surface area contributed by atoms with Gasteiger partial charge in [-0.25, -0.2) is 4.79 Å². The first-order valence-corrected chi connectivity index (χ1v) is 8.16. The van der Waals surface area contributed by atoms with Crippen LogP contribution in [-0.4, -0.2) is 49.3 Å². The molecule has 0 radical (unpaired) electrons. The third-order valence-corrected chi connectivity index (χ3v) is 4.48. The highest BCUT2D eigenvalue weighted by Gasteiger charge is 2.34. The van der Waals surface area contributed by atoms with Gasteiger partial charge in [0.1, 0.15) is 0 Å². The zero-order valence-corrected chi connectivity index (χ0v) is 13.1. The molecule has 2 amide bonds. The van der Waals surface area contributed by atoms with Crippen LogP contribution in [0.5, 0.6) is 0 Å². The van der Waals surface area contributed by atoms with Gasteiger partial charge in [-0.15, -0.1) is 0 Å². The lowest BCUT2D eigenvalue weighted by Crippen LogP contribution is -2.53. The third-order valence-electron chi connectivity index (χ3n) is 4.48. The van der Waals surface area contributed by atoms with Crippen molar-refractivity contribution in [2.24, 2.45) is 0 Å².